The Kier molecular flexibility index (Phi) is 7.76. The highest BCUT2D eigenvalue weighted by Gasteiger charge is 2.22. The predicted octanol–water partition coefficient (Wildman–Crippen LogP) is 1.66. The van der Waals surface area contributed by atoms with Crippen LogP contribution in [0.2, 0.25) is 0 Å². The highest BCUT2D eigenvalue weighted by Crippen LogP contribution is 2.10. The monoisotopic (exact) mass is 314 g/mol. The first-order chi connectivity index (χ1) is 9.82. The largest absolute Gasteiger partial charge is 0.459 e. The van der Waals surface area contributed by atoms with Crippen LogP contribution in [0.15, 0.2) is 12.2 Å². The van der Waals surface area contributed by atoms with Gasteiger partial charge < -0.3 is 20.9 Å². The van der Waals surface area contributed by atoms with Gasteiger partial charge in [0, 0.05) is 0 Å². The van der Waals surface area contributed by atoms with Gasteiger partial charge in [-0.15, -0.1) is 0 Å². The van der Waals surface area contributed by atoms with Crippen molar-refractivity contribution < 1.29 is 19.1 Å². The van der Waals surface area contributed by atoms with Crippen molar-refractivity contribution >= 4 is 11.9 Å². The second kappa shape index (κ2) is 8.29. The molecule has 0 aromatic rings. The summed E-state index contributed by atoms with van der Waals surface area (Å²) in [7, 11) is 0. The van der Waals surface area contributed by atoms with Crippen molar-refractivity contribution in [1.82, 2.24) is 0 Å². The fourth-order valence-electron chi connectivity index (χ4n) is 1.43. The molecule has 2 atom stereocenters. The molecule has 0 fully saturated rings. The molecule has 0 aliphatic heterocycles. The second-order valence-electron chi connectivity index (χ2n) is 7.22. The van der Waals surface area contributed by atoms with Gasteiger partial charge in [-0.1, -0.05) is 12.2 Å². The van der Waals surface area contributed by atoms with E-state index in [1.165, 1.54) is 0 Å². The number of carbonyl (C=O) groups is 2. The van der Waals surface area contributed by atoms with Gasteiger partial charge in [-0.2, -0.15) is 0 Å². The van der Waals surface area contributed by atoms with Crippen LogP contribution in [0.4, 0.5) is 0 Å². The van der Waals surface area contributed by atoms with Crippen molar-refractivity contribution in [1.29, 1.82) is 0 Å². The van der Waals surface area contributed by atoms with E-state index in [0.29, 0.717) is 12.8 Å². The van der Waals surface area contributed by atoms with Crippen LogP contribution in [-0.2, 0) is 19.1 Å². The zero-order valence-corrected chi connectivity index (χ0v) is 14.5. The van der Waals surface area contributed by atoms with Crippen LogP contribution in [0, 0.1) is 0 Å². The maximum Gasteiger partial charge on any atom is 0.323 e. The molecule has 0 heterocycles. The summed E-state index contributed by atoms with van der Waals surface area (Å²) in [6.45, 7) is 10.7. The molecule has 0 amide bonds. The molecule has 0 bridgehead atoms. The first kappa shape index (κ1) is 20.6. The highest BCUT2D eigenvalue weighted by molar-refractivity contribution is 5.76. The molecule has 0 saturated heterocycles. The molecule has 0 aliphatic rings. The minimum Gasteiger partial charge on any atom is -0.459 e. The van der Waals surface area contributed by atoms with E-state index < -0.39 is 35.2 Å². The Morgan fingerprint density at radius 1 is 0.818 bits per heavy atom. The molecule has 4 N–H and O–H groups in total. The van der Waals surface area contributed by atoms with Crippen LogP contribution in [-0.4, -0.2) is 35.2 Å². The summed E-state index contributed by atoms with van der Waals surface area (Å²) in [6, 6.07) is -1.46. The minimum atomic E-state index is -0.728. The Morgan fingerprint density at radius 2 is 1.09 bits per heavy atom. The number of hydrogen-bond acceptors (Lipinski definition) is 6. The van der Waals surface area contributed by atoms with Crippen molar-refractivity contribution in [2.45, 2.75) is 77.7 Å². The van der Waals surface area contributed by atoms with E-state index in [9.17, 15) is 9.59 Å². The third-order valence-electron chi connectivity index (χ3n) is 2.37. The van der Waals surface area contributed by atoms with Crippen LogP contribution in [0.3, 0.4) is 0 Å². The Bertz CT molecular complexity index is 367. The molecule has 0 radical (unpaired) electrons. The lowest BCUT2D eigenvalue weighted by Gasteiger charge is -2.22. The Morgan fingerprint density at radius 3 is 1.32 bits per heavy atom. The third-order valence-corrected chi connectivity index (χ3v) is 2.37. The van der Waals surface area contributed by atoms with E-state index >= 15 is 0 Å². The van der Waals surface area contributed by atoms with Crippen LogP contribution >= 0.6 is 0 Å². The minimum absolute atomic E-state index is 0.329. The molecule has 22 heavy (non-hydrogen) atoms. The van der Waals surface area contributed by atoms with Crippen molar-refractivity contribution in [2.24, 2.45) is 11.5 Å². The molecule has 6 heteroatoms. The quantitative estimate of drug-likeness (QED) is 0.570. The summed E-state index contributed by atoms with van der Waals surface area (Å²) in [6.07, 6.45) is 4.10. The summed E-state index contributed by atoms with van der Waals surface area (Å²) >= 11 is 0. The van der Waals surface area contributed by atoms with Crippen LogP contribution in [0.25, 0.3) is 0 Å². The Balaban J connectivity index is 4.19. The van der Waals surface area contributed by atoms with Gasteiger partial charge in [-0.25, -0.2) is 0 Å². The molecule has 0 rings (SSSR count). The summed E-state index contributed by atoms with van der Waals surface area (Å²) in [5.41, 5.74) is 10.4. The predicted molar refractivity (Wildman–Crippen MR) is 86.0 cm³/mol. The maximum absolute atomic E-state index is 11.7. The van der Waals surface area contributed by atoms with Gasteiger partial charge in [-0.3, -0.25) is 9.59 Å². The molecule has 6 nitrogen and oxygen atoms in total. The van der Waals surface area contributed by atoms with Crippen molar-refractivity contribution in [3.05, 3.63) is 12.2 Å². The summed E-state index contributed by atoms with van der Waals surface area (Å²) < 4.78 is 10.3. The van der Waals surface area contributed by atoms with E-state index in [1.54, 1.807) is 53.7 Å². The van der Waals surface area contributed by atoms with Crippen molar-refractivity contribution in [2.75, 3.05) is 0 Å². The topological polar surface area (TPSA) is 105 Å². The van der Waals surface area contributed by atoms with Gasteiger partial charge >= 0.3 is 11.9 Å². The summed E-state index contributed by atoms with van der Waals surface area (Å²) in [5.74, 6) is -0.901. The lowest BCUT2D eigenvalue weighted by Crippen LogP contribution is -2.37. The van der Waals surface area contributed by atoms with Crippen molar-refractivity contribution in [3.8, 4) is 0 Å². The molecule has 0 aromatic carbocycles. The van der Waals surface area contributed by atoms with Crippen molar-refractivity contribution in [3.63, 3.8) is 0 Å². The molecule has 0 unspecified atom stereocenters. The van der Waals surface area contributed by atoms with E-state index in [-0.39, 0.29) is 0 Å². The lowest BCUT2D eigenvalue weighted by atomic mass is 10.1. The SMILES string of the molecule is CC(C)(C)OC(=O)[C@H](N)C/C=C/C[C@@H](N)C(=O)OC(C)(C)C. The normalized spacial score (nSPS) is 15.5. The molecule has 128 valence electrons. The lowest BCUT2D eigenvalue weighted by molar-refractivity contribution is -0.157. The number of rotatable bonds is 6. The number of nitrogens with two attached hydrogens (primary N) is 2. The third kappa shape index (κ3) is 10.3. The van der Waals surface area contributed by atoms with E-state index in [2.05, 4.69) is 0 Å². The Labute approximate surface area is 133 Å². The van der Waals surface area contributed by atoms with Gasteiger partial charge in [0.15, 0.2) is 0 Å². The van der Waals surface area contributed by atoms with Gasteiger partial charge in [0.2, 0.25) is 0 Å². The van der Waals surface area contributed by atoms with Gasteiger partial charge in [0.1, 0.15) is 23.3 Å². The first-order valence-electron chi connectivity index (χ1n) is 7.44. The maximum atomic E-state index is 11.7. The molecule has 0 spiro atoms. The zero-order valence-electron chi connectivity index (χ0n) is 14.5. The molecule has 0 aromatic heterocycles. The summed E-state index contributed by atoms with van der Waals surface area (Å²) in [4.78, 5) is 23.3. The fourth-order valence-corrected chi connectivity index (χ4v) is 1.43. The van der Waals surface area contributed by atoms with Gasteiger partial charge in [-0.05, 0) is 54.4 Å². The highest BCUT2D eigenvalue weighted by atomic mass is 16.6. The molecule has 0 aliphatic carbocycles. The first-order valence-corrected chi connectivity index (χ1v) is 7.44. The van der Waals surface area contributed by atoms with Crippen LogP contribution < -0.4 is 11.5 Å². The smallest absolute Gasteiger partial charge is 0.323 e. The van der Waals surface area contributed by atoms with E-state index in [0.717, 1.165) is 0 Å². The van der Waals surface area contributed by atoms with E-state index in [1.807, 2.05) is 0 Å². The molecule has 0 saturated carbocycles. The molecular formula is C16H30N2O4. The number of hydrogen-bond donors (Lipinski definition) is 2. The average molecular weight is 314 g/mol. The summed E-state index contributed by atoms with van der Waals surface area (Å²) in [5, 5.41) is 0. The number of carbonyl (C=O) groups excluding carboxylic acids is 2. The second-order valence-corrected chi connectivity index (χ2v) is 7.22. The Hall–Kier alpha value is -1.40. The zero-order chi connectivity index (χ0) is 17.6. The average Bonchev–Trinajstić information content (AvgIpc) is 2.29. The standard InChI is InChI=1S/C16H30N2O4/c1-15(2,3)21-13(19)11(17)9-7-8-10-12(18)14(20)22-16(4,5)6/h7-8,11-12H,9-10,17-18H2,1-6H3/b8-7+/t11-,12-/m1/s1. The van der Waals surface area contributed by atoms with Crippen LogP contribution in [0.5, 0.6) is 0 Å². The van der Waals surface area contributed by atoms with Gasteiger partial charge in [0.05, 0.1) is 0 Å². The number of ether oxygens (including phenoxy) is 2. The number of esters is 2. The fraction of sp³-hybridized carbons (Fsp3) is 0.750. The van der Waals surface area contributed by atoms with E-state index in [4.69, 9.17) is 20.9 Å². The van der Waals surface area contributed by atoms with Gasteiger partial charge in [0.25, 0.3) is 0 Å². The van der Waals surface area contributed by atoms with Crippen LogP contribution in [0.1, 0.15) is 54.4 Å². The molecular weight excluding hydrogens is 284 g/mol.